The predicted octanol–water partition coefficient (Wildman–Crippen LogP) is 1.41. The van der Waals surface area contributed by atoms with Crippen molar-refractivity contribution in [1.82, 2.24) is 14.5 Å². The zero-order valence-electron chi connectivity index (χ0n) is 17.9. The molecule has 2 amide bonds. The fourth-order valence-corrected chi connectivity index (χ4v) is 3.18. The average Bonchev–Trinajstić information content (AvgIpc) is 3.46. The number of furan rings is 2. The highest BCUT2D eigenvalue weighted by Gasteiger charge is 2.27. The minimum Gasteiger partial charge on any atom is -0.467 e. The Morgan fingerprint density at radius 3 is 2.50 bits per heavy atom. The third kappa shape index (κ3) is 4.82. The molecule has 3 aromatic rings. The van der Waals surface area contributed by atoms with Gasteiger partial charge in [0, 0.05) is 13.6 Å². The Morgan fingerprint density at radius 1 is 1.16 bits per heavy atom. The number of hydrogen-bond donors (Lipinski definition) is 2. The molecule has 0 radical (unpaired) electrons. The lowest BCUT2D eigenvalue weighted by molar-refractivity contribution is -0.119. The zero-order chi connectivity index (χ0) is 23.3. The third-order valence-corrected chi connectivity index (χ3v) is 4.87. The first-order chi connectivity index (χ1) is 15.3. The summed E-state index contributed by atoms with van der Waals surface area (Å²) < 4.78 is 11.6. The highest BCUT2D eigenvalue weighted by atomic mass is 16.3. The summed E-state index contributed by atoms with van der Waals surface area (Å²) in [6, 6.07) is 6.32. The van der Waals surface area contributed by atoms with E-state index >= 15 is 0 Å². The molecule has 170 valence electrons. The first kappa shape index (κ1) is 22.7. The van der Waals surface area contributed by atoms with E-state index in [1.165, 1.54) is 30.2 Å². The summed E-state index contributed by atoms with van der Waals surface area (Å²) in [5.41, 5.74) is 4.55. The number of hydrogen-bond acceptors (Lipinski definition) is 7. The fraction of sp³-hybridized carbons (Fsp3) is 0.333. The Labute approximate surface area is 183 Å². The van der Waals surface area contributed by atoms with E-state index in [0.717, 1.165) is 16.2 Å². The highest BCUT2D eigenvalue weighted by molar-refractivity contribution is 6.00. The summed E-state index contributed by atoms with van der Waals surface area (Å²) in [5.74, 6) is -0.767. The molecule has 3 rings (SSSR count). The van der Waals surface area contributed by atoms with Gasteiger partial charge in [0.25, 0.3) is 11.5 Å². The van der Waals surface area contributed by atoms with Crippen molar-refractivity contribution in [2.45, 2.75) is 32.9 Å². The minimum absolute atomic E-state index is 0.0726. The van der Waals surface area contributed by atoms with Gasteiger partial charge in [0.05, 0.1) is 19.1 Å². The Bertz CT molecular complexity index is 1180. The van der Waals surface area contributed by atoms with E-state index in [4.69, 9.17) is 14.6 Å². The first-order valence-electron chi connectivity index (χ1n) is 10.1. The summed E-state index contributed by atoms with van der Waals surface area (Å²) in [5, 5.41) is 0. The summed E-state index contributed by atoms with van der Waals surface area (Å²) >= 11 is 0. The van der Waals surface area contributed by atoms with Gasteiger partial charge in [-0.3, -0.25) is 28.8 Å². The van der Waals surface area contributed by atoms with Crippen LogP contribution in [-0.4, -0.2) is 39.9 Å². The number of nitrogen functional groups attached to an aromatic ring is 1. The van der Waals surface area contributed by atoms with Gasteiger partial charge in [-0.05, 0) is 30.7 Å². The number of nitrogens with two attached hydrogens (primary N) is 1. The van der Waals surface area contributed by atoms with Crippen LogP contribution in [0.4, 0.5) is 11.5 Å². The third-order valence-electron chi connectivity index (χ3n) is 4.87. The molecule has 0 aliphatic rings. The lowest BCUT2D eigenvalue weighted by atomic mass is 10.3. The van der Waals surface area contributed by atoms with Crippen LogP contribution < -0.4 is 21.9 Å². The highest BCUT2D eigenvalue weighted by Crippen LogP contribution is 2.21. The van der Waals surface area contributed by atoms with Gasteiger partial charge < -0.3 is 19.5 Å². The summed E-state index contributed by atoms with van der Waals surface area (Å²) in [6.07, 6.45) is 4.24. The lowest BCUT2D eigenvalue weighted by Crippen LogP contribution is -2.45. The van der Waals surface area contributed by atoms with Gasteiger partial charge in [0.1, 0.15) is 18.1 Å². The van der Waals surface area contributed by atoms with Gasteiger partial charge in [-0.2, -0.15) is 0 Å². The maximum absolute atomic E-state index is 13.2. The van der Waals surface area contributed by atoms with Gasteiger partial charge in [-0.15, -0.1) is 0 Å². The van der Waals surface area contributed by atoms with Gasteiger partial charge in [0.15, 0.2) is 11.4 Å². The fourth-order valence-electron chi connectivity index (χ4n) is 3.18. The van der Waals surface area contributed by atoms with Crippen LogP contribution in [0.5, 0.6) is 0 Å². The second kappa shape index (κ2) is 9.86. The second-order valence-electron chi connectivity index (χ2n) is 7.20. The zero-order valence-corrected chi connectivity index (χ0v) is 17.9. The number of rotatable bonds is 9. The standard InChI is InChI=1S/C21H25N5O6/c1-3-4-9-25-18(22)17(19(28)23-21(25)30)26(12-14-7-5-10-31-14)16(27)13-24(2)20(29)15-8-6-11-32-15/h5-8,10-11H,3-4,9,12-13,22H2,1-2H3,(H,23,28,30). The molecule has 0 aliphatic carbocycles. The number of amides is 2. The lowest BCUT2D eigenvalue weighted by Gasteiger charge is -2.26. The topological polar surface area (TPSA) is 148 Å². The molecule has 3 heterocycles. The Morgan fingerprint density at radius 2 is 1.88 bits per heavy atom. The van der Waals surface area contributed by atoms with E-state index < -0.39 is 23.1 Å². The largest absolute Gasteiger partial charge is 0.467 e. The van der Waals surface area contributed by atoms with Gasteiger partial charge in [-0.25, -0.2) is 4.79 Å². The molecule has 32 heavy (non-hydrogen) atoms. The van der Waals surface area contributed by atoms with Crippen molar-refractivity contribution in [2.24, 2.45) is 0 Å². The molecule has 11 heteroatoms. The number of likely N-dealkylation sites (N-methyl/N-ethyl adjacent to an activating group) is 1. The van der Waals surface area contributed by atoms with Crippen LogP contribution in [0, 0.1) is 0 Å². The van der Waals surface area contributed by atoms with E-state index in [2.05, 4.69) is 4.98 Å². The number of aromatic amines is 1. The van der Waals surface area contributed by atoms with Crippen molar-refractivity contribution < 1.29 is 18.4 Å². The van der Waals surface area contributed by atoms with Crippen LogP contribution in [0.2, 0.25) is 0 Å². The van der Waals surface area contributed by atoms with Crippen molar-refractivity contribution >= 4 is 23.3 Å². The predicted molar refractivity (Wildman–Crippen MR) is 116 cm³/mol. The molecule has 11 nitrogen and oxygen atoms in total. The molecule has 3 N–H and O–H groups in total. The number of anilines is 2. The van der Waals surface area contributed by atoms with Gasteiger partial charge in [0.2, 0.25) is 5.91 Å². The van der Waals surface area contributed by atoms with Crippen molar-refractivity contribution in [2.75, 3.05) is 24.2 Å². The molecule has 0 saturated heterocycles. The van der Waals surface area contributed by atoms with Crippen LogP contribution in [-0.2, 0) is 17.9 Å². The number of aromatic nitrogens is 2. The minimum atomic E-state index is -0.805. The quantitative estimate of drug-likeness (QED) is 0.508. The number of unbranched alkanes of at least 4 members (excludes halogenated alkanes) is 1. The number of nitrogens with one attached hydrogen (secondary N) is 1. The van der Waals surface area contributed by atoms with E-state index in [0.29, 0.717) is 12.2 Å². The van der Waals surface area contributed by atoms with Gasteiger partial charge in [-0.1, -0.05) is 13.3 Å². The molecule has 0 atom stereocenters. The Hall–Kier alpha value is -4.02. The molecule has 0 fully saturated rings. The van der Waals surface area contributed by atoms with Gasteiger partial charge >= 0.3 is 5.69 Å². The molecule has 0 spiro atoms. The number of carbonyl (C=O) groups is 2. The van der Waals surface area contributed by atoms with Crippen LogP contribution in [0.25, 0.3) is 0 Å². The summed E-state index contributed by atoms with van der Waals surface area (Å²) in [4.78, 5) is 55.2. The second-order valence-corrected chi connectivity index (χ2v) is 7.20. The maximum Gasteiger partial charge on any atom is 0.330 e. The van der Waals surface area contributed by atoms with Crippen molar-refractivity contribution in [3.63, 3.8) is 0 Å². The molecule has 0 aromatic carbocycles. The Kier molecular flexibility index (Phi) is 6.98. The molecule has 0 bridgehead atoms. The van der Waals surface area contributed by atoms with E-state index in [1.54, 1.807) is 18.2 Å². The van der Waals surface area contributed by atoms with Crippen LogP contribution >= 0.6 is 0 Å². The normalized spacial score (nSPS) is 10.8. The molecule has 3 aromatic heterocycles. The summed E-state index contributed by atoms with van der Waals surface area (Å²) in [7, 11) is 1.43. The van der Waals surface area contributed by atoms with Crippen LogP contribution in [0.3, 0.4) is 0 Å². The molecular formula is C21H25N5O6. The van der Waals surface area contributed by atoms with E-state index in [9.17, 15) is 19.2 Å². The summed E-state index contributed by atoms with van der Waals surface area (Å²) in [6.45, 7) is 1.75. The Balaban J connectivity index is 1.98. The first-order valence-corrected chi connectivity index (χ1v) is 10.1. The van der Waals surface area contributed by atoms with Crippen molar-refractivity contribution in [3.05, 3.63) is 69.2 Å². The van der Waals surface area contributed by atoms with E-state index in [1.807, 2.05) is 6.92 Å². The average molecular weight is 443 g/mol. The molecule has 0 saturated carbocycles. The number of H-pyrrole nitrogens is 1. The van der Waals surface area contributed by atoms with Crippen molar-refractivity contribution in [3.8, 4) is 0 Å². The number of nitrogens with zero attached hydrogens (tertiary/aromatic N) is 3. The van der Waals surface area contributed by atoms with Crippen molar-refractivity contribution in [1.29, 1.82) is 0 Å². The van der Waals surface area contributed by atoms with E-state index in [-0.39, 0.29) is 36.9 Å². The smallest absolute Gasteiger partial charge is 0.330 e. The number of carbonyl (C=O) groups excluding carboxylic acids is 2. The maximum atomic E-state index is 13.2. The van der Waals surface area contributed by atoms with Crippen LogP contribution in [0.1, 0.15) is 36.1 Å². The molecular weight excluding hydrogens is 418 g/mol. The van der Waals surface area contributed by atoms with Crippen LogP contribution in [0.15, 0.2) is 55.2 Å². The monoisotopic (exact) mass is 443 g/mol. The molecule has 0 unspecified atom stereocenters. The SMILES string of the molecule is CCCCn1c(N)c(N(Cc2ccco2)C(=O)CN(C)C(=O)c2ccco2)c(=O)[nH]c1=O. The molecule has 0 aliphatic heterocycles.